The highest BCUT2D eigenvalue weighted by Crippen LogP contribution is 2.27. The van der Waals surface area contributed by atoms with Gasteiger partial charge in [-0.25, -0.2) is 4.99 Å². The Labute approximate surface area is 143 Å². The summed E-state index contributed by atoms with van der Waals surface area (Å²) in [5.74, 6) is -0.314. The Morgan fingerprint density at radius 3 is 2.72 bits per heavy atom. The number of aromatic hydroxyl groups is 1. The number of nitriles is 1. The Kier molecular flexibility index (Phi) is 5.29. The van der Waals surface area contributed by atoms with E-state index in [1.807, 2.05) is 13.0 Å². The SMILES string of the molecule is CCCn1c(O)c(C=Nc2ccccc2[N+](=O)[O-])c(C)c(C#N)c1=O. The lowest BCUT2D eigenvalue weighted by molar-refractivity contribution is -0.384. The largest absolute Gasteiger partial charge is 0.494 e. The second kappa shape index (κ2) is 7.40. The topological polar surface area (TPSA) is 122 Å². The highest BCUT2D eigenvalue weighted by atomic mass is 16.6. The van der Waals surface area contributed by atoms with Crippen LogP contribution in [-0.2, 0) is 6.54 Å². The first-order valence-electron chi connectivity index (χ1n) is 7.56. The van der Waals surface area contributed by atoms with Gasteiger partial charge in [0.2, 0.25) is 5.88 Å². The van der Waals surface area contributed by atoms with Crippen molar-refractivity contribution in [3.63, 3.8) is 0 Å². The van der Waals surface area contributed by atoms with E-state index in [0.717, 1.165) is 4.57 Å². The molecule has 1 aromatic carbocycles. The van der Waals surface area contributed by atoms with E-state index in [0.29, 0.717) is 6.42 Å². The summed E-state index contributed by atoms with van der Waals surface area (Å²) in [6.07, 6.45) is 1.82. The molecule has 0 saturated carbocycles. The van der Waals surface area contributed by atoms with Crippen molar-refractivity contribution in [3.8, 4) is 11.9 Å². The number of para-hydroxylation sites is 2. The molecule has 0 radical (unpaired) electrons. The summed E-state index contributed by atoms with van der Waals surface area (Å²) in [7, 11) is 0. The van der Waals surface area contributed by atoms with E-state index in [-0.39, 0.29) is 40.5 Å². The van der Waals surface area contributed by atoms with Crippen LogP contribution >= 0.6 is 0 Å². The number of nitro benzene ring substituents is 1. The van der Waals surface area contributed by atoms with Gasteiger partial charge >= 0.3 is 0 Å². The van der Waals surface area contributed by atoms with Gasteiger partial charge in [0, 0.05) is 18.8 Å². The molecule has 128 valence electrons. The molecule has 1 aromatic heterocycles. The third-order valence-electron chi connectivity index (χ3n) is 3.70. The summed E-state index contributed by atoms with van der Waals surface area (Å²) >= 11 is 0. The van der Waals surface area contributed by atoms with Crippen molar-refractivity contribution < 1.29 is 10.0 Å². The van der Waals surface area contributed by atoms with Gasteiger partial charge in [0.05, 0.1) is 10.5 Å². The zero-order chi connectivity index (χ0) is 18.6. The zero-order valence-corrected chi connectivity index (χ0v) is 13.8. The van der Waals surface area contributed by atoms with Gasteiger partial charge in [0.25, 0.3) is 11.2 Å². The van der Waals surface area contributed by atoms with E-state index in [1.165, 1.54) is 31.3 Å². The maximum atomic E-state index is 12.2. The molecule has 0 unspecified atom stereocenters. The minimum atomic E-state index is -0.567. The van der Waals surface area contributed by atoms with E-state index in [9.17, 15) is 25.3 Å². The lowest BCUT2D eigenvalue weighted by Gasteiger charge is -2.13. The van der Waals surface area contributed by atoms with Gasteiger partial charge in [-0.3, -0.25) is 19.5 Å². The van der Waals surface area contributed by atoms with Gasteiger partial charge in [-0.1, -0.05) is 19.1 Å². The van der Waals surface area contributed by atoms with Crippen LogP contribution in [0, 0.1) is 28.4 Å². The monoisotopic (exact) mass is 340 g/mol. The van der Waals surface area contributed by atoms with Crippen molar-refractivity contribution >= 4 is 17.6 Å². The first-order valence-corrected chi connectivity index (χ1v) is 7.56. The van der Waals surface area contributed by atoms with E-state index in [1.54, 1.807) is 6.07 Å². The average Bonchev–Trinajstić information content (AvgIpc) is 2.59. The van der Waals surface area contributed by atoms with Crippen molar-refractivity contribution in [1.29, 1.82) is 5.26 Å². The van der Waals surface area contributed by atoms with Crippen LogP contribution in [0.15, 0.2) is 34.1 Å². The molecule has 8 nitrogen and oxygen atoms in total. The van der Waals surface area contributed by atoms with Crippen LogP contribution < -0.4 is 5.56 Å². The van der Waals surface area contributed by atoms with Gasteiger partial charge in [0.15, 0.2) is 0 Å². The van der Waals surface area contributed by atoms with Crippen LogP contribution in [0.3, 0.4) is 0 Å². The second-order valence-electron chi connectivity index (χ2n) is 5.31. The third-order valence-corrected chi connectivity index (χ3v) is 3.70. The molecule has 0 aliphatic rings. The molecule has 0 aliphatic carbocycles. The molecule has 8 heteroatoms. The fourth-order valence-corrected chi connectivity index (χ4v) is 2.42. The number of benzene rings is 1. The summed E-state index contributed by atoms with van der Waals surface area (Å²) in [6, 6.07) is 7.75. The molecule has 0 atom stereocenters. The highest BCUT2D eigenvalue weighted by molar-refractivity contribution is 5.88. The molecule has 0 fully saturated rings. The molecule has 0 amide bonds. The quantitative estimate of drug-likeness (QED) is 0.509. The number of hydrogen-bond donors (Lipinski definition) is 1. The van der Waals surface area contributed by atoms with Crippen LogP contribution in [-0.4, -0.2) is 20.8 Å². The van der Waals surface area contributed by atoms with Crippen LogP contribution in [0.2, 0.25) is 0 Å². The summed E-state index contributed by atoms with van der Waals surface area (Å²) in [6.45, 7) is 3.60. The Bertz CT molecular complexity index is 954. The number of hydrogen-bond acceptors (Lipinski definition) is 6. The summed E-state index contributed by atoms with van der Waals surface area (Å²) in [4.78, 5) is 26.8. The summed E-state index contributed by atoms with van der Waals surface area (Å²) in [5, 5.41) is 30.7. The molecule has 25 heavy (non-hydrogen) atoms. The van der Waals surface area contributed by atoms with E-state index in [4.69, 9.17) is 0 Å². The summed E-state index contributed by atoms with van der Waals surface area (Å²) < 4.78 is 1.10. The molecule has 0 aliphatic heterocycles. The molecule has 1 heterocycles. The van der Waals surface area contributed by atoms with Gasteiger partial charge < -0.3 is 5.11 Å². The van der Waals surface area contributed by atoms with Gasteiger partial charge in [-0.2, -0.15) is 5.26 Å². The van der Waals surface area contributed by atoms with Crippen molar-refractivity contribution in [2.24, 2.45) is 4.99 Å². The lowest BCUT2D eigenvalue weighted by Crippen LogP contribution is -2.25. The highest BCUT2D eigenvalue weighted by Gasteiger charge is 2.18. The summed E-state index contributed by atoms with van der Waals surface area (Å²) in [5.41, 5.74) is -0.267. The predicted octanol–water partition coefficient (Wildman–Crippen LogP) is 2.80. The molecule has 2 rings (SSSR count). The van der Waals surface area contributed by atoms with Crippen molar-refractivity contribution in [2.75, 3.05) is 0 Å². The number of nitro groups is 1. The van der Waals surface area contributed by atoms with Crippen LogP contribution in [0.1, 0.15) is 30.0 Å². The minimum absolute atomic E-state index is 0.0877. The first-order chi connectivity index (χ1) is 11.9. The number of pyridine rings is 1. The first kappa shape index (κ1) is 17.9. The van der Waals surface area contributed by atoms with Crippen LogP contribution in [0.5, 0.6) is 5.88 Å². The average molecular weight is 340 g/mol. The smallest absolute Gasteiger partial charge is 0.294 e. The van der Waals surface area contributed by atoms with Crippen molar-refractivity contribution in [3.05, 3.63) is 61.4 Å². The number of aliphatic imine (C=N–C) groups is 1. The maximum Gasteiger partial charge on any atom is 0.294 e. The number of nitrogens with zero attached hydrogens (tertiary/aromatic N) is 4. The number of aromatic nitrogens is 1. The fraction of sp³-hybridized carbons (Fsp3) is 0.235. The lowest BCUT2D eigenvalue weighted by atomic mass is 10.1. The molecular weight excluding hydrogens is 324 g/mol. The van der Waals surface area contributed by atoms with Crippen LogP contribution in [0.4, 0.5) is 11.4 Å². The maximum absolute atomic E-state index is 12.2. The van der Waals surface area contributed by atoms with Crippen molar-refractivity contribution in [1.82, 2.24) is 4.57 Å². The molecular formula is C17H16N4O4. The van der Waals surface area contributed by atoms with Gasteiger partial charge in [0.1, 0.15) is 17.3 Å². The molecule has 0 saturated heterocycles. The van der Waals surface area contributed by atoms with E-state index < -0.39 is 10.5 Å². The second-order valence-corrected chi connectivity index (χ2v) is 5.31. The Morgan fingerprint density at radius 2 is 2.12 bits per heavy atom. The van der Waals surface area contributed by atoms with E-state index >= 15 is 0 Å². The Balaban J connectivity index is 2.65. The normalized spacial score (nSPS) is 10.8. The number of rotatable bonds is 5. The van der Waals surface area contributed by atoms with Crippen LogP contribution in [0.25, 0.3) is 0 Å². The molecule has 2 aromatic rings. The fourth-order valence-electron chi connectivity index (χ4n) is 2.42. The zero-order valence-electron chi connectivity index (χ0n) is 13.8. The predicted molar refractivity (Wildman–Crippen MR) is 92.5 cm³/mol. The Hall–Kier alpha value is -3.47. The van der Waals surface area contributed by atoms with Gasteiger partial charge in [-0.05, 0) is 25.0 Å². The van der Waals surface area contributed by atoms with E-state index in [2.05, 4.69) is 4.99 Å². The van der Waals surface area contributed by atoms with Crippen molar-refractivity contribution in [2.45, 2.75) is 26.8 Å². The molecule has 0 bridgehead atoms. The third kappa shape index (κ3) is 3.40. The van der Waals surface area contributed by atoms with Gasteiger partial charge in [-0.15, -0.1) is 0 Å². The molecule has 0 spiro atoms. The minimum Gasteiger partial charge on any atom is -0.494 e. The molecule has 1 N–H and O–H groups in total. The Morgan fingerprint density at radius 1 is 1.44 bits per heavy atom. The standard InChI is InChI=1S/C17H16N4O4/c1-3-8-20-16(22)12(9-18)11(2)13(17(20)23)10-19-14-6-4-5-7-15(14)21(24)25/h4-7,10,23H,3,8H2,1-2H3.